The van der Waals surface area contributed by atoms with E-state index in [2.05, 4.69) is 18.3 Å². The molecule has 0 aliphatic heterocycles. The van der Waals surface area contributed by atoms with Gasteiger partial charge in [0.25, 0.3) is 5.91 Å². The Balaban J connectivity index is 1.78. The fraction of sp³-hybridized carbons (Fsp3) is 0.478. The third-order valence-corrected chi connectivity index (χ3v) is 8.88. The van der Waals surface area contributed by atoms with E-state index in [1.54, 1.807) is 0 Å². The first-order chi connectivity index (χ1) is 14.8. The average molecular weight is 460 g/mol. The van der Waals surface area contributed by atoms with Crippen LogP contribution in [-0.2, 0) is 22.9 Å². The molecule has 1 aromatic heterocycles. The maximum absolute atomic E-state index is 12.9. The van der Waals surface area contributed by atoms with E-state index in [0.717, 1.165) is 37.7 Å². The Hall–Kier alpha value is -2.21. The van der Waals surface area contributed by atoms with Crippen molar-refractivity contribution in [2.75, 3.05) is 18.4 Å². The molecule has 0 saturated heterocycles. The molecule has 31 heavy (non-hydrogen) atoms. The number of nitriles is 1. The van der Waals surface area contributed by atoms with Gasteiger partial charge in [-0.25, -0.2) is 8.42 Å². The highest BCUT2D eigenvalue weighted by molar-refractivity contribution is 7.89. The molecule has 1 amide bonds. The van der Waals surface area contributed by atoms with E-state index < -0.39 is 10.0 Å². The predicted octanol–water partition coefficient (Wildman–Crippen LogP) is 4.81. The van der Waals surface area contributed by atoms with Crippen LogP contribution in [0.1, 0.15) is 66.4 Å². The second-order valence-corrected chi connectivity index (χ2v) is 11.0. The molecular formula is C23H29N3O3S2. The highest BCUT2D eigenvalue weighted by Gasteiger charge is 2.26. The van der Waals surface area contributed by atoms with E-state index >= 15 is 0 Å². The lowest BCUT2D eigenvalue weighted by Gasteiger charge is -2.20. The van der Waals surface area contributed by atoms with Crippen molar-refractivity contribution in [3.8, 4) is 6.07 Å². The SMILES string of the molecule is CCCCN(CC)S(=O)(=O)c1ccc(C(=O)Nc2sc3c(c2C#N)CC[C@@H](C)C3)cc1. The van der Waals surface area contributed by atoms with Crippen molar-refractivity contribution in [2.24, 2.45) is 5.92 Å². The van der Waals surface area contributed by atoms with Crippen LogP contribution in [0, 0.1) is 17.2 Å². The number of carbonyl (C=O) groups excluding carboxylic acids is 1. The molecule has 0 spiro atoms. The number of nitrogens with zero attached hydrogens (tertiary/aromatic N) is 2. The van der Waals surface area contributed by atoms with Crippen LogP contribution >= 0.6 is 11.3 Å². The van der Waals surface area contributed by atoms with Gasteiger partial charge in [0, 0.05) is 23.5 Å². The van der Waals surface area contributed by atoms with Crippen LogP contribution in [0.2, 0.25) is 0 Å². The van der Waals surface area contributed by atoms with Gasteiger partial charge < -0.3 is 5.32 Å². The molecule has 6 nitrogen and oxygen atoms in total. The smallest absolute Gasteiger partial charge is 0.256 e. The number of thiophene rings is 1. The van der Waals surface area contributed by atoms with Gasteiger partial charge >= 0.3 is 0 Å². The van der Waals surface area contributed by atoms with Crippen molar-refractivity contribution in [1.82, 2.24) is 4.31 Å². The van der Waals surface area contributed by atoms with Gasteiger partial charge in [-0.1, -0.05) is 27.2 Å². The highest BCUT2D eigenvalue weighted by atomic mass is 32.2. The van der Waals surface area contributed by atoms with Crippen LogP contribution in [0.25, 0.3) is 0 Å². The monoisotopic (exact) mass is 459 g/mol. The van der Waals surface area contributed by atoms with Gasteiger partial charge in [0.1, 0.15) is 11.1 Å². The molecular weight excluding hydrogens is 430 g/mol. The largest absolute Gasteiger partial charge is 0.312 e. The third kappa shape index (κ3) is 5.00. The molecule has 166 valence electrons. The predicted molar refractivity (Wildman–Crippen MR) is 124 cm³/mol. The fourth-order valence-electron chi connectivity index (χ4n) is 3.84. The minimum atomic E-state index is -3.58. The second-order valence-electron chi connectivity index (χ2n) is 8.00. The number of amides is 1. The molecule has 1 aliphatic carbocycles. The maximum Gasteiger partial charge on any atom is 0.256 e. The molecule has 0 bridgehead atoms. The molecule has 8 heteroatoms. The van der Waals surface area contributed by atoms with Gasteiger partial charge in [0.05, 0.1) is 10.5 Å². The molecule has 3 rings (SSSR count). The Kier molecular flexibility index (Phi) is 7.52. The van der Waals surface area contributed by atoms with E-state index in [0.29, 0.717) is 35.1 Å². The first-order valence-electron chi connectivity index (χ1n) is 10.8. The lowest BCUT2D eigenvalue weighted by molar-refractivity contribution is 0.102. The Labute approximate surface area is 188 Å². The summed E-state index contributed by atoms with van der Waals surface area (Å²) in [6, 6.07) is 8.26. The highest BCUT2D eigenvalue weighted by Crippen LogP contribution is 2.39. The molecule has 1 aliphatic rings. The molecule has 1 heterocycles. The fourth-order valence-corrected chi connectivity index (χ4v) is 6.69. The van der Waals surface area contributed by atoms with Gasteiger partial charge in [-0.3, -0.25) is 4.79 Å². The summed E-state index contributed by atoms with van der Waals surface area (Å²) in [5.74, 6) is 0.237. The average Bonchev–Trinajstić information content (AvgIpc) is 3.09. The number of anilines is 1. The van der Waals surface area contributed by atoms with Crippen molar-refractivity contribution in [2.45, 2.75) is 57.8 Å². The van der Waals surface area contributed by atoms with Gasteiger partial charge in [-0.05, 0) is 61.4 Å². The summed E-state index contributed by atoms with van der Waals surface area (Å²) in [6.45, 7) is 6.93. The molecule has 1 N–H and O–H groups in total. The Morgan fingerprint density at radius 1 is 1.29 bits per heavy atom. The number of fused-ring (bicyclic) bond motifs is 1. The number of nitrogens with one attached hydrogen (secondary N) is 1. The first kappa shape index (κ1) is 23.5. The van der Waals surface area contributed by atoms with Crippen molar-refractivity contribution in [1.29, 1.82) is 5.26 Å². The van der Waals surface area contributed by atoms with Crippen LogP contribution in [-0.4, -0.2) is 31.7 Å². The third-order valence-electron chi connectivity index (χ3n) is 5.72. The molecule has 0 saturated carbocycles. The van der Waals surface area contributed by atoms with Crippen LogP contribution in [0.5, 0.6) is 0 Å². The molecule has 0 unspecified atom stereocenters. The molecule has 2 aromatic rings. The van der Waals surface area contributed by atoms with Crippen LogP contribution in [0.4, 0.5) is 5.00 Å². The van der Waals surface area contributed by atoms with E-state index in [1.165, 1.54) is 44.8 Å². The quantitative estimate of drug-likeness (QED) is 0.613. The van der Waals surface area contributed by atoms with Gasteiger partial charge in [-0.2, -0.15) is 9.57 Å². The van der Waals surface area contributed by atoms with Crippen molar-refractivity contribution in [3.05, 3.63) is 45.8 Å². The number of benzene rings is 1. The van der Waals surface area contributed by atoms with Crippen molar-refractivity contribution in [3.63, 3.8) is 0 Å². The summed E-state index contributed by atoms with van der Waals surface area (Å²) in [6.07, 6.45) is 4.57. The zero-order chi connectivity index (χ0) is 22.6. The number of hydrogen-bond donors (Lipinski definition) is 1. The zero-order valence-corrected chi connectivity index (χ0v) is 19.9. The summed E-state index contributed by atoms with van der Waals surface area (Å²) in [5, 5.41) is 13.1. The molecule has 1 aromatic carbocycles. The van der Waals surface area contributed by atoms with Crippen molar-refractivity contribution >= 4 is 32.3 Å². The van der Waals surface area contributed by atoms with Crippen LogP contribution in [0.15, 0.2) is 29.2 Å². The lowest BCUT2D eigenvalue weighted by atomic mass is 9.88. The zero-order valence-electron chi connectivity index (χ0n) is 18.3. The topological polar surface area (TPSA) is 90.3 Å². The maximum atomic E-state index is 12.9. The van der Waals surface area contributed by atoms with Crippen molar-refractivity contribution < 1.29 is 13.2 Å². The molecule has 0 radical (unpaired) electrons. The number of carbonyl (C=O) groups is 1. The lowest BCUT2D eigenvalue weighted by Crippen LogP contribution is -2.31. The van der Waals surface area contributed by atoms with Gasteiger partial charge in [0.2, 0.25) is 10.0 Å². The number of sulfonamides is 1. The normalized spacial score (nSPS) is 16.0. The molecule has 1 atom stereocenters. The van der Waals surface area contributed by atoms with E-state index in [1.807, 2.05) is 13.8 Å². The minimum absolute atomic E-state index is 0.181. The Morgan fingerprint density at radius 3 is 2.61 bits per heavy atom. The standard InChI is InChI=1S/C23H29N3O3S2/c1-4-6-13-26(5-2)31(28,29)18-10-8-17(9-11-18)22(27)25-23-20(15-24)19-12-7-16(3)14-21(19)30-23/h8-11,16H,4-7,12-14H2,1-3H3,(H,25,27)/t16-/m1/s1. The number of hydrogen-bond acceptors (Lipinski definition) is 5. The summed E-state index contributed by atoms with van der Waals surface area (Å²) < 4.78 is 27.2. The summed E-state index contributed by atoms with van der Waals surface area (Å²) in [7, 11) is -3.58. The second kappa shape index (κ2) is 9.94. The summed E-state index contributed by atoms with van der Waals surface area (Å²) >= 11 is 1.48. The Bertz CT molecular complexity index is 1080. The van der Waals surface area contributed by atoms with Gasteiger partial charge in [0.15, 0.2) is 0 Å². The number of rotatable bonds is 8. The summed E-state index contributed by atoms with van der Waals surface area (Å²) in [5.41, 5.74) is 1.99. The van der Waals surface area contributed by atoms with E-state index in [4.69, 9.17) is 0 Å². The Morgan fingerprint density at radius 2 is 2.00 bits per heavy atom. The van der Waals surface area contributed by atoms with E-state index in [-0.39, 0.29) is 10.8 Å². The molecule has 0 fully saturated rings. The van der Waals surface area contributed by atoms with Crippen LogP contribution in [0.3, 0.4) is 0 Å². The minimum Gasteiger partial charge on any atom is -0.312 e. The van der Waals surface area contributed by atoms with E-state index in [9.17, 15) is 18.5 Å². The first-order valence-corrected chi connectivity index (χ1v) is 13.0. The summed E-state index contributed by atoms with van der Waals surface area (Å²) in [4.78, 5) is 14.1. The number of unbranched alkanes of at least 4 members (excludes halogenated alkanes) is 1. The van der Waals surface area contributed by atoms with Crippen LogP contribution < -0.4 is 5.32 Å². The van der Waals surface area contributed by atoms with Gasteiger partial charge in [-0.15, -0.1) is 11.3 Å².